The zero-order chi connectivity index (χ0) is 14.9. The number of ether oxygens (including phenoxy) is 2. The van der Waals surface area contributed by atoms with Gasteiger partial charge in [-0.05, 0) is 13.8 Å². The summed E-state index contributed by atoms with van der Waals surface area (Å²) in [5.74, 6) is 0.922. The summed E-state index contributed by atoms with van der Waals surface area (Å²) in [7, 11) is 1.77. The van der Waals surface area contributed by atoms with E-state index in [4.69, 9.17) is 14.5 Å². The van der Waals surface area contributed by atoms with Crippen molar-refractivity contribution in [2.24, 2.45) is 0 Å². The van der Waals surface area contributed by atoms with Crippen LogP contribution in [0.4, 0.5) is 0 Å². The Morgan fingerprint density at radius 1 is 1.38 bits per heavy atom. The second-order valence-electron chi connectivity index (χ2n) is 5.60. The first-order valence-corrected chi connectivity index (χ1v) is 8.16. The van der Waals surface area contributed by atoms with Crippen molar-refractivity contribution in [3.05, 3.63) is 22.8 Å². The Labute approximate surface area is 128 Å². The molecule has 0 aromatic carbocycles. The maximum atomic E-state index is 5.81. The third-order valence-electron chi connectivity index (χ3n) is 4.04. The van der Waals surface area contributed by atoms with Crippen LogP contribution < -0.4 is 0 Å². The van der Waals surface area contributed by atoms with Crippen LogP contribution in [0.3, 0.4) is 0 Å². The van der Waals surface area contributed by atoms with Gasteiger partial charge in [-0.3, -0.25) is 0 Å². The van der Waals surface area contributed by atoms with Gasteiger partial charge in [-0.25, -0.2) is 9.97 Å². The van der Waals surface area contributed by atoms with Crippen molar-refractivity contribution in [3.63, 3.8) is 0 Å². The van der Waals surface area contributed by atoms with Gasteiger partial charge in [0.2, 0.25) is 0 Å². The van der Waals surface area contributed by atoms with Gasteiger partial charge in [-0.1, -0.05) is 0 Å². The summed E-state index contributed by atoms with van der Waals surface area (Å²) in [5.41, 5.74) is 0.632. The number of nitrogens with zero attached hydrogens (tertiary/aromatic N) is 3. The molecule has 1 fully saturated rings. The van der Waals surface area contributed by atoms with E-state index in [1.165, 1.54) is 0 Å². The zero-order valence-electron chi connectivity index (χ0n) is 12.7. The first-order valence-electron chi connectivity index (χ1n) is 7.28. The molecule has 3 heterocycles. The third kappa shape index (κ3) is 2.63. The van der Waals surface area contributed by atoms with E-state index in [0.717, 1.165) is 42.6 Å². The van der Waals surface area contributed by atoms with Crippen molar-refractivity contribution in [2.75, 3.05) is 20.3 Å². The lowest BCUT2D eigenvalue weighted by molar-refractivity contribution is -0.0947. The normalized spacial score (nSPS) is 18.3. The van der Waals surface area contributed by atoms with Crippen molar-refractivity contribution in [2.45, 2.75) is 38.3 Å². The van der Waals surface area contributed by atoms with Gasteiger partial charge in [0.1, 0.15) is 16.3 Å². The minimum atomic E-state index is -0.295. The molecule has 0 aliphatic carbocycles. The Balaban J connectivity index is 1.94. The predicted molar refractivity (Wildman–Crippen MR) is 82.5 cm³/mol. The van der Waals surface area contributed by atoms with Crippen molar-refractivity contribution >= 4 is 11.3 Å². The molecule has 0 bridgehead atoms. The van der Waals surface area contributed by atoms with Crippen molar-refractivity contribution in [1.29, 1.82) is 0 Å². The van der Waals surface area contributed by atoms with Crippen LogP contribution in [0.15, 0.2) is 17.8 Å². The number of methoxy groups -OCH3 is 1. The molecule has 114 valence electrons. The Kier molecular flexibility index (Phi) is 4.10. The Morgan fingerprint density at radius 3 is 2.81 bits per heavy atom. The van der Waals surface area contributed by atoms with E-state index in [1.54, 1.807) is 18.4 Å². The number of aromatic nitrogens is 3. The van der Waals surface area contributed by atoms with Gasteiger partial charge in [0.25, 0.3) is 0 Å². The third-order valence-corrected chi connectivity index (χ3v) is 5.07. The van der Waals surface area contributed by atoms with Crippen LogP contribution in [0, 0.1) is 0 Å². The molecule has 21 heavy (non-hydrogen) atoms. The molecule has 0 atom stereocenters. The predicted octanol–water partition coefficient (Wildman–Crippen LogP) is 3.24. The summed E-state index contributed by atoms with van der Waals surface area (Å²) < 4.78 is 13.4. The summed E-state index contributed by atoms with van der Waals surface area (Å²) in [4.78, 5) is 9.27. The highest BCUT2D eigenvalue weighted by Gasteiger charge is 2.37. The van der Waals surface area contributed by atoms with Gasteiger partial charge < -0.3 is 14.0 Å². The zero-order valence-corrected chi connectivity index (χ0v) is 13.5. The topological polar surface area (TPSA) is 49.2 Å². The fourth-order valence-corrected chi connectivity index (χ4v) is 3.75. The molecule has 5 nitrogen and oxygen atoms in total. The van der Waals surface area contributed by atoms with E-state index in [0.29, 0.717) is 6.04 Å². The second kappa shape index (κ2) is 5.87. The molecule has 0 N–H and O–H groups in total. The van der Waals surface area contributed by atoms with Gasteiger partial charge in [-0.15, -0.1) is 11.3 Å². The monoisotopic (exact) mass is 307 g/mol. The van der Waals surface area contributed by atoms with E-state index in [2.05, 4.69) is 28.8 Å². The average molecular weight is 307 g/mol. The van der Waals surface area contributed by atoms with Crippen LogP contribution in [0.2, 0.25) is 0 Å². The van der Waals surface area contributed by atoms with Crippen molar-refractivity contribution in [1.82, 2.24) is 14.5 Å². The summed E-state index contributed by atoms with van der Waals surface area (Å²) in [6, 6.07) is 0.368. The summed E-state index contributed by atoms with van der Waals surface area (Å²) >= 11 is 1.65. The highest BCUT2D eigenvalue weighted by Crippen LogP contribution is 2.38. The quantitative estimate of drug-likeness (QED) is 0.870. The Bertz CT molecular complexity index is 600. The lowest BCUT2D eigenvalue weighted by Crippen LogP contribution is -2.35. The van der Waals surface area contributed by atoms with E-state index in [9.17, 15) is 0 Å². The lowest BCUT2D eigenvalue weighted by Gasteiger charge is -2.33. The fraction of sp³-hybridized carbons (Fsp3) is 0.600. The van der Waals surface area contributed by atoms with Gasteiger partial charge in [0, 0.05) is 57.0 Å². The van der Waals surface area contributed by atoms with Gasteiger partial charge >= 0.3 is 0 Å². The molecule has 1 aliphatic rings. The van der Waals surface area contributed by atoms with Crippen LogP contribution in [0.25, 0.3) is 11.5 Å². The fourth-order valence-electron chi connectivity index (χ4n) is 2.72. The SMILES string of the molecule is COC1(c2nc(-c3nccn3C(C)C)cs2)CCOCC1. The number of hydrogen-bond acceptors (Lipinski definition) is 5. The molecule has 2 aromatic heterocycles. The van der Waals surface area contributed by atoms with Crippen LogP contribution in [0.1, 0.15) is 37.7 Å². The van der Waals surface area contributed by atoms with E-state index in [1.807, 2.05) is 12.4 Å². The summed E-state index contributed by atoms with van der Waals surface area (Å²) in [6.45, 7) is 5.74. The van der Waals surface area contributed by atoms with Crippen LogP contribution in [-0.4, -0.2) is 34.9 Å². The highest BCUT2D eigenvalue weighted by molar-refractivity contribution is 7.10. The molecule has 6 heteroatoms. The van der Waals surface area contributed by atoms with Gasteiger partial charge in [0.15, 0.2) is 5.82 Å². The average Bonchev–Trinajstić information content (AvgIpc) is 3.16. The maximum Gasteiger partial charge on any atom is 0.159 e. The smallest absolute Gasteiger partial charge is 0.159 e. The van der Waals surface area contributed by atoms with Crippen LogP contribution in [0.5, 0.6) is 0 Å². The Hall–Kier alpha value is -1.24. The molecule has 0 amide bonds. The van der Waals surface area contributed by atoms with Gasteiger partial charge in [0.05, 0.1) is 0 Å². The second-order valence-corrected chi connectivity index (χ2v) is 6.46. The largest absolute Gasteiger partial charge is 0.381 e. The molecule has 2 aromatic rings. The van der Waals surface area contributed by atoms with E-state index < -0.39 is 0 Å². The minimum absolute atomic E-state index is 0.295. The number of rotatable bonds is 4. The highest BCUT2D eigenvalue weighted by atomic mass is 32.1. The number of thiazole rings is 1. The summed E-state index contributed by atoms with van der Waals surface area (Å²) in [5, 5.41) is 3.11. The minimum Gasteiger partial charge on any atom is -0.381 e. The molecule has 0 saturated carbocycles. The molecular formula is C15H21N3O2S. The van der Waals surface area contributed by atoms with Gasteiger partial charge in [-0.2, -0.15) is 0 Å². The van der Waals surface area contributed by atoms with Crippen LogP contribution in [-0.2, 0) is 15.1 Å². The van der Waals surface area contributed by atoms with Crippen molar-refractivity contribution < 1.29 is 9.47 Å². The Morgan fingerprint density at radius 2 is 2.14 bits per heavy atom. The van der Waals surface area contributed by atoms with E-state index >= 15 is 0 Å². The molecular weight excluding hydrogens is 286 g/mol. The maximum absolute atomic E-state index is 5.81. The molecule has 1 aliphatic heterocycles. The summed E-state index contributed by atoms with van der Waals surface area (Å²) in [6.07, 6.45) is 5.54. The standard InChI is InChI=1S/C15H21N3O2S/c1-11(2)18-7-6-16-13(18)12-10-21-14(17-12)15(19-3)4-8-20-9-5-15/h6-7,10-11H,4-5,8-9H2,1-3H3. The molecule has 0 radical (unpaired) electrons. The molecule has 0 spiro atoms. The number of imidazole rings is 1. The molecule has 0 unspecified atom stereocenters. The van der Waals surface area contributed by atoms with Crippen LogP contribution >= 0.6 is 11.3 Å². The van der Waals surface area contributed by atoms with E-state index in [-0.39, 0.29) is 5.60 Å². The first-order chi connectivity index (χ1) is 10.2. The first kappa shape index (κ1) is 14.7. The van der Waals surface area contributed by atoms with Crippen molar-refractivity contribution in [3.8, 4) is 11.5 Å². The molecule has 3 rings (SSSR count). The molecule has 1 saturated heterocycles. The number of hydrogen-bond donors (Lipinski definition) is 0. The lowest BCUT2D eigenvalue weighted by atomic mass is 9.95.